The van der Waals surface area contributed by atoms with Gasteiger partial charge in [-0.1, -0.05) is 0 Å². The average Bonchev–Trinajstić information content (AvgIpc) is 2.65. The number of aromatic amines is 2. The summed E-state index contributed by atoms with van der Waals surface area (Å²) >= 11 is 5.02. The number of hydrogen-bond donors (Lipinski definition) is 2. The first-order valence-corrected chi connectivity index (χ1v) is 3.99. The van der Waals surface area contributed by atoms with Crippen molar-refractivity contribution < 1.29 is 0 Å². The minimum Gasteiger partial charge on any atom is -0.347 e. The molecule has 0 bridgehead atoms. The van der Waals surface area contributed by atoms with Gasteiger partial charge in [-0.05, 0) is 12.2 Å². The Hall–Kier alpha value is -1.36. The number of rotatable bonds is 2. The highest BCUT2D eigenvalue weighted by Gasteiger charge is 1.96. The number of imidazole rings is 2. The smallest absolute Gasteiger partial charge is 0.177 e. The van der Waals surface area contributed by atoms with Crippen molar-refractivity contribution >= 4 is 12.2 Å². The van der Waals surface area contributed by atoms with E-state index in [0.29, 0.717) is 11.3 Å². The summed E-state index contributed by atoms with van der Waals surface area (Å²) in [6.07, 6.45) is 7.23. The predicted molar refractivity (Wildman–Crippen MR) is 47.3 cm³/mol. The summed E-state index contributed by atoms with van der Waals surface area (Å²) in [7, 11) is 0. The van der Waals surface area contributed by atoms with E-state index in [2.05, 4.69) is 15.0 Å². The molecule has 0 atom stereocenters. The molecule has 0 radical (unpaired) electrons. The van der Waals surface area contributed by atoms with Crippen molar-refractivity contribution in [2.75, 3.05) is 0 Å². The van der Waals surface area contributed by atoms with Crippen LogP contribution in [0.25, 0.3) is 0 Å². The van der Waals surface area contributed by atoms with Crippen LogP contribution in [-0.4, -0.2) is 19.5 Å². The van der Waals surface area contributed by atoms with E-state index in [1.54, 1.807) is 12.4 Å². The van der Waals surface area contributed by atoms with E-state index < -0.39 is 0 Å². The van der Waals surface area contributed by atoms with Crippen LogP contribution >= 0.6 is 12.2 Å². The Morgan fingerprint density at radius 2 is 2.33 bits per heavy atom. The highest BCUT2D eigenvalue weighted by molar-refractivity contribution is 7.71. The maximum atomic E-state index is 5.02. The Bertz CT molecular complexity index is 397. The largest absolute Gasteiger partial charge is 0.347 e. The van der Waals surface area contributed by atoms with Gasteiger partial charge in [-0.15, -0.1) is 0 Å². The highest BCUT2D eigenvalue weighted by Crippen LogP contribution is 1.96. The fourth-order valence-corrected chi connectivity index (χ4v) is 1.21. The van der Waals surface area contributed by atoms with Crippen molar-refractivity contribution in [3.05, 3.63) is 35.4 Å². The molecule has 2 aromatic heterocycles. The molecule has 0 aliphatic rings. The van der Waals surface area contributed by atoms with Crippen LogP contribution in [0.2, 0.25) is 0 Å². The molecule has 4 nitrogen and oxygen atoms in total. The third-order valence-corrected chi connectivity index (χ3v) is 1.95. The Balaban J connectivity index is 2.25. The molecule has 0 aliphatic heterocycles. The number of H-pyrrole nitrogens is 2. The van der Waals surface area contributed by atoms with Gasteiger partial charge >= 0.3 is 0 Å². The molecular weight excluding hydrogens is 172 g/mol. The van der Waals surface area contributed by atoms with Crippen LogP contribution in [0.5, 0.6) is 0 Å². The second-order valence-electron chi connectivity index (χ2n) is 2.43. The number of nitrogens with zero attached hydrogens (tertiary/aromatic N) is 2. The highest BCUT2D eigenvalue weighted by atomic mass is 32.1. The van der Waals surface area contributed by atoms with Crippen LogP contribution in [0.3, 0.4) is 0 Å². The van der Waals surface area contributed by atoms with Gasteiger partial charge in [-0.25, -0.2) is 4.98 Å². The van der Waals surface area contributed by atoms with E-state index in [-0.39, 0.29) is 0 Å². The Morgan fingerprint density at radius 3 is 2.92 bits per heavy atom. The number of hydrogen-bond acceptors (Lipinski definition) is 2. The van der Waals surface area contributed by atoms with Crippen molar-refractivity contribution in [1.29, 1.82) is 0 Å². The summed E-state index contributed by atoms with van der Waals surface area (Å²) in [5.74, 6) is 0.908. The molecule has 62 valence electrons. The monoisotopic (exact) mass is 180 g/mol. The molecule has 0 saturated carbocycles. The quantitative estimate of drug-likeness (QED) is 0.685. The molecule has 0 unspecified atom stereocenters. The number of aromatic nitrogens is 4. The first-order valence-electron chi connectivity index (χ1n) is 3.58. The van der Waals surface area contributed by atoms with Crippen LogP contribution in [0, 0.1) is 4.77 Å². The maximum absolute atomic E-state index is 5.02. The van der Waals surface area contributed by atoms with Crippen LogP contribution in [0.1, 0.15) is 5.82 Å². The molecule has 2 N–H and O–H groups in total. The van der Waals surface area contributed by atoms with Gasteiger partial charge in [0.15, 0.2) is 4.77 Å². The summed E-state index contributed by atoms with van der Waals surface area (Å²) in [5.41, 5.74) is 0. The van der Waals surface area contributed by atoms with Gasteiger partial charge in [0.2, 0.25) is 0 Å². The van der Waals surface area contributed by atoms with Gasteiger partial charge in [0.1, 0.15) is 5.82 Å². The first kappa shape index (κ1) is 7.30. The Labute approximate surface area is 74.3 Å². The summed E-state index contributed by atoms with van der Waals surface area (Å²) in [6, 6.07) is 0. The molecule has 0 aliphatic carbocycles. The van der Waals surface area contributed by atoms with Gasteiger partial charge < -0.3 is 14.5 Å². The predicted octanol–water partition coefficient (Wildman–Crippen LogP) is 1.32. The molecule has 0 saturated heterocycles. The molecule has 0 amide bonds. The number of nitrogens with one attached hydrogen (secondary N) is 2. The Morgan fingerprint density at radius 1 is 1.42 bits per heavy atom. The van der Waals surface area contributed by atoms with Crippen LogP contribution in [0.4, 0.5) is 0 Å². The molecule has 0 aromatic carbocycles. The van der Waals surface area contributed by atoms with E-state index in [1.165, 1.54) is 0 Å². The van der Waals surface area contributed by atoms with Crippen LogP contribution in [0.15, 0.2) is 24.8 Å². The van der Waals surface area contributed by atoms with E-state index in [0.717, 1.165) is 5.82 Å². The topological polar surface area (TPSA) is 49.4 Å². The third kappa shape index (κ3) is 1.31. The molecule has 2 rings (SSSR count). The molecular formula is C7H8N4S. The molecule has 5 heteroatoms. The SMILES string of the molecule is S=c1[nH]ccn1Cc1ncc[nH]1. The van der Waals surface area contributed by atoms with Gasteiger partial charge in [-0.2, -0.15) is 0 Å². The minimum absolute atomic E-state index is 0.690. The van der Waals surface area contributed by atoms with Gasteiger partial charge in [0.25, 0.3) is 0 Å². The maximum Gasteiger partial charge on any atom is 0.177 e. The molecule has 2 heterocycles. The van der Waals surface area contributed by atoms with Gasteiger partial charge in [-0.3, -0.25) is 0 Å². The summed E-state index contributed by atoms with van der Waals surface area (Å²) in [4.78, 5) is 10.0. The lowest BCUT2D eigenvalue weighted by Gasteiger charge is -1.96. The first-order chi connectivity index (χ1) is 5.86. The lowest BCUT2D eigenvalue weighted by Crippen LogP contribution is -1.99. The van der Waals surface area contributed by atoms with Crippen molar-refractivity contribution in [3.63, 3.8) is 0 Å². The fraction of sp³-hybridized carbons (Fsp3) is 0.143. The van der Waals surface area contributed by atoms with Crippen molar-refractivity contribution in [2.24, 2.45) is 0 Å². The molecule has 12 heavy (non-hydrogen) atoms. The van der Waals surface area contributed by atoms with E-state index in [1.807, 2.05) is 17.0 Å². The van der Waals surface area contributed by atoms with E-state index >= 15 is 0 Å². The summed E-state index contributed by atoms with van der Waals surface area (Å²) < 4.78 is 2.63. The summed E-state index contributed by atoms with van der Waals surface area (Å²) in [5, 5.41) is 0. The van der Waals surface area contributed by atoms with Crippen molar-refractivity contribution in [1.82, 2.24) is 19.5 Å². The van der Waals surface area contributed by atoms with E-state index in [9.17, 15) is 0 Å². The van der Waals surface area contributed by atoms with E-state index in [4.69, 9.17) is 12.2 Å². The zero-order chi connectivity index (χ0) is 8.39. The standard InChI is InChI=1S/C7H8N4S/c12-7-10-3-4-11(7)5-6-8-1-2-9-6/h1-4H,5H2,(H,8,9)(H,10,12). The Kier molecular flexibility index (Phi) is 1.79. The molecule has 2 aromatic rings. The molecule has 0 fully saturated rings. The lowest BCUT2D eigenvalue weighted by molar-refractivity contribution is 0.744. The lowest BCUT2D eigenvalue weighted by atomic mass is 10.6. The van der Waals surface area contributed by atoms with Crippen LogP contribution < -0.4 is 0 Å². The van der Waals surface area contributed by atoms with Gasteiger partial charge in [0, 0.05) is 24.8 Å². The van der Waals surface area contributed by atoms with Crippen LogP contribution in [-0.2, 0) is 6.54 Å². The summed E-state index contributed by atoms with van der Waals surface area (Å²) in [6.45, 7) is 0.690. The molecule has 0 spiro atoms. The second-order valence-corrected chi connectivity index (χ2v) is 2.82. The minimum atomic E-state index is 0.690. The van der Waals surface area contributed by atoms with Crippen molar-refractivity contribution in [2.45, 2.75) is 6.54 Å². The zero-order valence-electron chi connectivity index (χ0n) is 6.32. The normalized spacial score (nSPS) is 10.3. The second kappa shape index (κ2) is 2.94. The zero-order valence-corrected chi connectivity index (χ0v) is 7.14. The third-order valence-electron chi connectivity index (χ3n) is 1.60. The van der Waals surface area contributed by atoms with Crippen molar-refractivity contribution in [3.8, 4) is 0 Å². The average molecular weight is 180 g/mol. The fourth-order valence-electron chi connectivity index (χ4n) is 1.02. The van der Waals surface area contributed by atoms with Gasteiger partial charge in [0.05, 0.1) is 6.54 Å².